The van der Waals surface area contributed by atoms with E-state index < -0.39 is 0 Å². The molecule has 2 aromatic carbocycles. The van der Waals surface area contributed by atoms with Crippen molar-refractivity contribution in [3.63, 3.8) is 0 Å². The van der Waals surface area contributed by atoms with Gasteiger partial charge in [-0.25, -0.2) is 0 Å². The van der Waals surface area contributed by atoms with Crippen molar-refractivity contribution in [1.29, 1.82) is 0 Å². The summed E-state index contributed by atoms with van der Waals surface area (Å²) in [5, 5.41) is 4.56. The molecule has 4 heteroatoms. The fraction of sp³-hybridized carbons (Fsp3) is 0. The number of hydrogen-bond donors (Lipinski definition) is 0. The van der Waals surface area contributed by atoms with Crippen molar-refractivity contribution in [1.82, 2.24) is 9.97 Å². The van der Waals surface area contributed by atoms with E-state index in [9.17, 15) is 0 Å². The molecule has 0 atom stereocenters. The zero-order valence-corrected chi connectivity index (χ0v) is 13.8. The molecular formula is C16H8N2Se2. The van der Waals surface area contributed by atoms with Gasteiger partial charge in [-0.3, -0.25) is 0 Å². The quantitative estimate of drug-likeness (QED) is 0.339. The molecule has 4 rings (SSSR count). The van der Waals surface area contributed by atoms with E-state index in [0.717, 1.165) is 36.4 Å². The van der Waals surface area contributed by atoms with Crippen molar-refractivity contribution in [2.75, 3.05) is 0 Å². The molecule has 0 amide bonds. The van der Waals surface area contributed by atoms with Crippen molar-refractivity contribution < 1.29 is 0 Å². The van der Waals surface area contributed by atoms with Crippen LogP contribution in [0.1, 0.15) is 0 Å². The Labute approximate surface area is 132 Å². The Kier molecular flexibility index (Phi) is 2.80. The Morgan fingerprint density at radius 1 is 0.550 bits per heavy atom. The van der Waals surface area contributed by atoms with Crippen molar-refractivity contribution in [3.05, 3.63) is 48.5 Å². The Morgan fingerprint density at radius 2 is 0.950 bits per heavy atom. The van der Waals surface area contributed by atoms with E-state index in [1.807, 2.05) is 12.1 Å². The molecule has 0 spiro atoms. The molecule has 2 aromatic heterocycles. The van der Waals surface area contributed by atoms with Gasteiger partial charge in [-0.1, -0.05) is 0 Å². The predicted octanol–water partition coefficient (Wildman–Crippen LogP) is 1.52. The molecule has 0 aliphatic carbocycles. The van der Waals surface area contributed by atoms with Gasteiger partial charge in [0.05, 0.1) is 0 Å². The number of rotatable bonds is 0. The minimum atomic E-state index is 0.904. The van der Waals surface area contributed by atoms with Gasteiger partial charge in [-0.05, 0) is 0 Å². The zero-order valence-electron chi connectivity index (χ0n) is 10.3. The number of fused-ring (bicyclic) bond motifs is 5. The molecule has 0 bridgehead atoms. The van der Waals surface area contributed by atoms with Gasteiger partial charge in [0.25, 0.3) is 0 Å². The topological polar surface area (TPSA) is 25.8 Å². The van der Waals surface area contributed by atoms with Crippen LogP contribution >= 0.6 is 0 Å². The molecule has 0 saturated heterocycles. The third-order valence-electron chi connectivity index (χ3n) is 3.45. The first-order valence-corrected chi connectivity index (χ1v) is 7.91. The second kappa shape index (κ2) is 4.54. The second-order valence-corrected chi connectivity index (χ2v) is 6.43. The normalized spacial score (nSPS) is 11.4. The SMILES string of the molecule is [Se]c1ccc2ccc3ccc4ccc([Se])nc4c3c2n1. The van der Waals surface area contributed by atoms with Crippen LogP contribution < -0.4 is 9.18 Å². The van der Waals surface area contributed by atoms with Gasteiger partial charge in [-0.15, -0.1) is 0 Å². The molecule has 94 valence electrons. The van der Waals surface area contributed by atoms with Gasteiger partial charge in [0.2, 0.25) is 0 Å². The first kappa shape index (κ1) is 12.3. The molecule has 0 N–H and O–H groups in total. The fourth-order valence-corrected chi connectivity index (χ4v) is 3.21. The van der Waals surface area contributed by atoms with Gasteiger partial charge in [0, 0.05) is 0 Å². The van der Waals surface area contributed by atoms with E-state index in [2.05, 4.69) is 78.4 Å². The Bertz CT molecular complexity index is 903. The number of benzene rings is 2. The maximum atomic E-state index is 4.68. The molecule has 0 aliphatic rings. The monoisotopic (exact) mass is 388 g/mol. The molecule has 2 nitrogen and oxygen atoms in total. The number of nitrogens with zero attached hydrogens (tertiary/aromatic N) is 2. The van der Waals surface area contributed by atoms with E-state index in [-0.39, 0.29) is 0 Å². The zero-order chi connectivity index (χ0) is 13.7. The van der Waals surface area contributed by atoms with Crippen molar-refractivity contribution >= 4 is 73.8 Å². The molecule has 0 fully saturated rings. The standard InChI is InChI=1S/C16H8N2Se2/c19-12-7-5-10-3-1-9-2-4-11-6-8-13(20)18-16(11)14(9)15(10)17-12/h1-8H. The number of aromatic nitrogens is 2. The molecule has 20 heavy (non-hydrogen) atoms. The molecule has 0 unspecified atom stereocenters. The Balaban J connectivity index is 2.34. The number of pyridine rings is 2. The van der Waals surface area contributed by atoms with E-state index in [0.29, 0.717) is 0 Å². The Morgan fingerprint density at radius 3 is 1.45 bits per heavy atom. The van der Waals surface area contributed by atoms with Crippen molar-refractivity contribution in [2.45, 2.75) is 0 Å². The summed E-state index contributed by atoms with van der Waals surface area (Å²) in [6, 6.07) is 16.6. The molecule has 0 aliphatic heterocycles. The van der Waals surface area contributed by atoms with Crippen molar-refractivity contribution in [3.8, 4) is 0 Å². The number of hydrogen-bond acceptors (Lipinski definition) is 2. The van der Waals surface area contributed by atoms with Crippen LogP contribution in [-0.4, -0.2) is 42.0 Å². The van der Waals surface area contributed by atoms with Crippen LogP contribution in [0.5, 0.6) is 0 Å². The van der Waals surface area contributed by atoms with Gasteiger partial charge >= 0.3 is 132 Å². The van der Waals surface area contributed by atoms with Crippen LogP contribution in [0.2, 0.25) is 0 Å². The van der Waals surface area contributed by atoms with Gasteiger partial charge < -0.3 is 0 Å². The molecule has 4 aromatic rings. The fourth-order valence-electron chi connectivity index (χ4n) is 2.54. The molecule has 2 heterocycles. The minimum absolute atomic E-state index is 0.904. The van der Waals surface area contributed by atoms with Crippen LogP contribution in [0, 0.1) is 0 Å². The second-order valence-electron chi connectivity index (χ2n) is 4.67. The van der Waals surface area contributed by atoms with Gasteiger partial charge in [0.15, 0.2) is 0 Å². The first-order valence-electron chi connectivity index (χ1n) is 6.20. The van der Waals surface area contributed by atoms with E-state index in [1.54, 1.807) is 0 Å². The molecular weight excluding hydrogens is 378 g/mol. The average molecular weight is 386 g/mol. The summed E-state index contributed by atoms with van der Waals surface area (Å²) in [6.07, 6.45) is 0. The van der Waals surface area contributed by atoms with Crippen molar-refractivity contribution in [2.24, 2.45) is 0 Å². The predicted molar refractivity (Wildman–Crippen MR) is 85.3 cm³/mol. The van der Waals surface area contributed by atoms with Gasteiger partial charge in [0.1, 0.15) is 0 Å². The summed E-state index contributed by atoms with van der Waals surface area (Å²) in [5.74, 6) is 0. The third kappa shape index (κ3) is 1.85. The summed E-state index contributed by atoms with van der Waals surface area (Å²) in [4.78, 5) is 9.36. The Hall–Kier alpha value is -1.44. The first-order chi connectivity index (χ1) is 9.72. The van der Waals surface area contributed by atoms with E-state index in [4.69, 9.17) is 0 Å². The van der Waals surface area contributed by atoms with E-state index in [1.165, 1.54) is 5.39 Å². The van der Waals surface area contributed by atoms with Crippen LogP contribution in [-0.2, 0) is 0 Å². The summed E-state index contributed by atoms with van der Waals surface area (Å²) in [6.45, 7) is 0. The summed E-state index contributed by atoms with van der Waals surface area (Å²) < 4.78 is 1.81. The summed E-state index contributed by atoms with van der Waals surface area (Å²) >= 11 is 5.96. The van der Waals surface area contributed by atoms with Crippen LogP contribution in [0.4, 0.5) is 0 Å². The summed E-state index contributed by atoms with van der Waals surface area (Å²) in [7, 11) is 0. The third-order valence-corrected chi connectivity index (χ3v) is 4.40. The average Bonchev–Trinajstić information content (AvgIpc) is 2.46. The van der Waals surface area contributed by atoms with Crippen LogP contribution in [0.3, 0.4) is 0 Å². The maximum absolute atomic E-state index is 4.68. The summed E-state index contributed by atoms with van der Waals surface area (Å²) in [5.41, 5.74) is 2.00. The molecule has 0 saturated carbocycles. The van der Waals surface area contributed by atoms with Crippen LogP contribution in [0.15, 0.2) is 48.5 Å². The van der Waals surface area contributed by atoms with E-state index >= 15 is 0 Å². The molecule has 2 radical (unpaired) electrons. The van der Waals surface area contributed by atoms with Gasteiger partial charge in [-0.2, -0.15) is 0 Å². The van der Waals surface area contributed by atoms with Crippen LogP contribution in [0.25, 0.3) is 32.6 Å².